The lowest BCUT2D eigenvalue weighted by Crippen LogP contribution is -2.66. The summed E-state index contributed by atoms with van der Waals surface area (Å²) in [6.07, 6.45) is 4.75. The number of amides is 4. The number of carbonyl (C=O) groups excluding carboxylic acids is 3. The molecule has 4 heterocycles. The minimum Gasteiger partial charge on any atom is -0.489 e. The van der Waals surface area contributed by atoms with Gasteiger partial charge in [-0.3, -0.25) is 24.0 Å². The Hall–Kier alpha value is -4.74. The Labute approximate surface area is 342 Å². The Morgan fingerprint density at radius 1 is 1.10 bits per heavy atom. The number of hydrogen-bond acceptors (Lipinski definition) is 10. The van der Waals surface area contributed by atoms with Gasteiger partial charge in [0, 0.05) is 43.3 Å². The van der Waals surface area contributed by atoms with Gasteiger partial charge in [0.25, 0.3) is 11.8 Å². The van der Waals surface area contributed by atoms with E-state index in [1.807, 2.05) is 32.2 Å². The van der Waals surface area contributed by atoms with Crippen molar-refractivity contribution in [2.24, 2.45) is 17.8 Å². The molecule has 18 heteroatoms. The number of benzene rings is 1. The number of likely N-dealkylation sites (N-methyl/N-ethyl adjacent to an activating group) is 1. The fraction of sp³-hybridized carbons (Fsp3) is 0.634. The van der Waals surface area contributed by atoms with Crippen molar-refractivity contribution in [3.8, 4) is 11.6 Å². The number of ether oxygens (including phenoxy) is 2. The first-order chi connectivity index (χ1) is 27.7. The first-order valence-electron chi connectivity index (χ1n) is 20.3. The van der Waals surface area contributed by atoms with Crippen LogP contribution in [0.15, 0.2) is 36.5 Å². The topological polar surface area (TPSA) is 188 Å². The second kappa shape index (κ2) is 15.4. The number of alkyl halides is 2. The predicted molar refractivity (Wildman–Crippen MR) is 214 cm³/mol. The summed E-state index contributed by atoms with van der Waals surface area (Å²) in [7, 11) is -2.04. The zero-order valence-corrected chi connectivity index (χ0v) is 35.1. The molecule has 0 spiro atoms. The first kappa shape index (κ1) is 42.4. The van der Waals surface area contributed by atoms with E-state index in [1.165, 1.54) is 0 Å². The van der Waals surface area contributed by atoms with Gasteiger partial charge in [-0.1, -0.05) is 26.0 Å². The summed E-state index contributed by atoms with van der Waals surface area (Å²) < 4.78 is 71.4. The number of nitrogens with one attached hydrogen (secondary N) is 2. The van der Waals surface area contributed by atoms with Crippen LogP contribution in [0.1, 0.15) is 79.6 Å². The summed E-state index contributed by atoms with van der Waals surface area (Å²) >= 11 is 0. The van der Waals surface area contributed by atoms with Crippen LogP contribution in [0.4, 0.5) is 19.3 Å². The number of rotatable bonds is 8. The Morgan fingerprint density at radius 2 is 1.83 bits per heavy atom. The van der Waals surface area contributed by atoms with Gasteiger partial charge < -0.3 is 29.7 Å². The number of hydrogen-bond donors (Lipinski definition) is 3. The highest BCUT2D eigenvalue weighted by Gasteiger charge is 2.62. The number of carboxylic acid groups (broad SMARTS) is 1. The summed E-state index contributed by atoms with van der Waals surface area (Å²) in [5.41, 5.74) is -3.14. The second-order valence-electron chi connectivity index (χ2n) is 17.7. The van der Waals surface area contributed by atoms with Crippen molar-refractivity contribution in [1.82, 2.24) is 24.8 Å². The monoisotopic (exact) mass is 844 g/mol. The van der Waals surface area contributed by atoms with E-state index in [1.54, 1.807) is 25.3 Å². The highest BCUT2D eigenvalue weighted by molar-refractivity contribution is 7.91. The number of halogens is 2. The molecule has 2 saturated carbocycles. The summed E-state index contributed by atoms with van der Waals surface area (Å²) in [6, 6.07) is 2.48. The largest absolute Gasteiger partial charge is 0.489 e. The molecular weight excluding hydrogens is 791 g/mol. The van der Waals surface area contributed by atoms with Crippen LogP contribution in [-0.4, -0.2) is 119 Å². The average Bonchev–Trinajstić information content (AvgIpc) is 4.08. The van der Waals surface area contributed by atoms with Gasteiger partial charge in [0.1, 0.15) is 35.9 Å². The minimum atomic E-state index is -3.99. The molecule has 5 aliphatic rings. The maximum absolute atomic E-state index is 15.4. The standard InChI is InChI=1S/C41H54F2N6O9S/c1-23-9-7-8-10-25-21-41(25,37(52)46-59(55,56)27-11-12-27)45-34(50)31-20-26(58-35-29-13-14-30-33(28(29)15-16-44-35)57-18-17-47(30)6)22-48(31)36(51)32(24(2)19-23)49(38(53)54)39(3,4)40(5,42)43/h8,10,13-16,23-27,31-32H,7,9,11-12,17-22H2,1-6H3,(H,45,50)(H,46,52)(H,53,54)/b10-8-/t23-,24-,25-,26-,31+,32+,41-/m1/s1. The lowest BCUT2D eigenvalue weighted by Gasteiger charge is -2.47. The molecule has 1 aromatic heterocycles. The number of anilines is 1. The van der Waals surface area contributed by atoms with Crippen molar-refractivity contribution in [2.75, 3.05) is 31.6 Å². The second-order valence-corrected chi connectivity index (χ2v) is 19.7. The fourth-order valence-electron chi connectivity index (χ4n) is 8.86. The third kappa shape index (κ3) is 8.00. The molecule has 1 saturated heterocycles. The summed E-state index contributed by atoms with van der Waals surface area (Å²) in [4.78, 5) is 65.0. The SMILES string of the molecule is C[C@@H]1CC/C=C\[C@@H]2C[C@@]2(C(=O)NS(=O)(=O)C2CC2)NC(=O)[C@@H]2C[C@@H](Oc3nccc4c5c(ccc34)N(C)CCO5)CN2C(=O)[C@@H](N(C(=O)O)C(C)(C)C(C)(F)F)[C@H](C)C1. The summed E-state index contributed by atoms with van der Waals surface area (Å²) in [5, 5.41) is 14.1. The molecule has 1 aromatic carbocycles. The van der Waals surface area contributed by atoms with Crippen molar-refractivity contribution >= 4 is 50.3 Å². The van der Waals surface area contributed by atoms with Crippen molar-refractivity contribution in [3.63, 3.8) is 0 Å². The van der Waals surface area contributed by atoms with E-state index in [9.17, 15) is 27.9 Å². The third-order valence-corrected chi connectivity index (χ3v) is 14.8. The van der Waals surface area contributed by atoms with Crippen molar-refractivity contribution in [2.45, 2.75) is 120 Å². The van der Waals surface area contributed by atoms with Crippen LogP contribution in [-0.2, 0) is 24.4 Å². The van der Waals surface area contributed by atoms with E-state index in [2.05, 4.69) is 19.9 Å². The Bertz CT molecular complexity index is 2160. The third-order valence-electron chi connectivity index (χ3n) is 12.9. The molecule has 3 N–H and O–H groups in total. The van der Waals surface area contributed by atoms with E-state index in [-0.39, 0.29) is 31.2 Å². The number of nitrogens with zero attached hydrogens (tertiary/aromatic N) is 4. The molecule has 2 aliphatic carbocycles. The molecule has 4 amide bonds. The average molecular weight is 845 g/mol. The molecule has 7 atom stereocenters. The molecule has 0 radical (unpaired) electrons. The van der Waals surface area contributed by atoms with Gasteiger partial charge in [-0.25, -0.2) is 27.0 Å². The van der Waals surface area contributed by atoms with E-state index >= 15 is 13.6 Å². The van der Waals surface area contributed by atoms with Crippen molar-refractivity contribution in [3.05, 3.63) is 36.5 Å². The highest BCUT2D eigenvalue weighted by Crippen LogP contribution is 2.47. The Morgan fingerprint density at radius 3 is 2.51 bits per heavy atom. The van der Waals surface area contributed by atoms with Crippen LogP contribution >= 0.6 is 0 Å². The van der Waals surface area contributed by atoms with Gasteiger partial charge in [-0.15, -0.1) is 0 Å². The number of aromatic nitrogens is 1. The van der Waals surface area contributed by atoms with Gasteiger partial charge in [0.2, 0.25) is 27.7 Å². The van der Waals surface area contributed by atoms with Crippen LogP contribution in [0.25, 0.3) is 10.8 Å². The number of carbonyl (C=O) groups is 4. The lowest BCUT2D eigenvalue weighted by atomic mass is 9.84. The molecule has 3 fully saturated rings. The number of allylic oxidation sites excluding steroid dienone is 1. The number of fused-ring (bicyclic) bond motifs is 5. The molecule has 7 rings (SSSR count). The smallest absolute Gasteiger partial charge is 0.408 e. The van der Waals surface area contributed by atoms with E-state index < -0.39 is 86.1 Å². The van der Waals surface area contributed by atoms with Gasteiger partial charge >= 0.3 is 6.09 Å². The molecule has 3 aliphatic heterocycles. The number of sulfonamides is 1. The van der Waals surface area contributed by atoms with Gasteiger partial charge in [0.15, 0.2) is 5.75 Å². The predicted octanol–water partition coefficient (Wildman–Crippen LogP) is 4.69. The van der Waals surface area contributed by atoms with Gasteiger partial charge in [-0.2, -0.15) is 0 Å². The van der Waals surface area contributed by atoms with E-state index in [4.69, 9.17) is 9.47 Å². The first-order valence-corrected chi connectivity index (χ1v) is 21.9. The van der Waals surface area contributed by atoms with Crippen LogP contribution in [0, 0.1) is 17.8 Å². The van der Waals surface area contributed by atoms with Crippen molar-refractivity contribution < 1.29 is 51.0 Å². The van der Waals surface area contributed by atoms with Crippen LogP contribution < -0.4 is 24.4 Å². The van der Waals surface area contributed by atoms with Gasteiger partial charge in [0.05, 0.1) is 24.0 Å². The van der Waals surface area contributed by atoms with Crippen LogP contribution in [0.2, 0.25) is 0 Å². The summed E-state index contributed by atoms with van der Waals surface area (Å²) in [5.74, 6) is -6.74. The molecule has 15 nitrogen and oxygen atoms in total. The minimum absolute atomic E-state index is 0.0934. The Balaban J connectivity index is 1.29. The maximum Gasteiger partial charge on any atom is 0.408 e. The van der Waals surface area contributed by atoms with Gasteiger partial charge in [-0.05, 0) is 82.4 Å². The number of pyridine rings is 1. The maximum atomic E-state index is 15.4. The molecular formula is C41H54F2N6O9S. The normalized spacial score (nSPS) is 29.8. The quantitative estimate of drug-likeness (QED) is 0.313. The molecule has 0 bridgehead atoms. The van der Waals surface area contributed by atoms with Crippen LogP contribution in [0.3, 0.4) is 0 Å². The Kier molecular flexibility index (Phi) is 11.0. The zero-order chi connectivity index (χ0) is 42.8. The lowest BCUT2D eigenvalue weighted by molar-refractivity contribution is -0.156. The molecule has 322 valence electrons. The van der Waals surface area contributed by atoms with E-state index in [0.717, 1.165) is 29.8 Å². The molecule has 2 aromatic rings. The zero-order valence-electron chi connectivity index (χ0n) is 34.2. The molecule has 0 unspecified atom stereocenters. The highest BCUT2D eigenvalue weighted by atomic mass is 32.2. The fourth-order valence-corrected chi connectivity index (χ4v) is 10.2. The van der Waals surface area contributed by atoms with Crippen LogP contribution in [0.5, 0.6) is 11.6 Å². The summed E-state index contributed by atoms with van der Waals surface area (Å²) in [6.45, 7) is 7.24. The molecule has 59 heavy (non-hydrogen) atoms. The van der Waals surface area contributed by atoms with E-state index in [0.29, 0.717) is 68.2 Å². The van der Waals surface area contributed by atoms with Crippen molar-refractivity contribution in [1.29, 1.82) is 0 Å².